The van der Waals surface area contributed by atoms with E-state index < -0.39 is 0 Å². The Morgan fingerprint density at radius 1 is 1.57 bits per heavy atom. The number of thiol groups is 1. The van der Waals surface area contributed by atoms with Gasteiger partial charge in [-0.05, 0) is 0 Å². The molecule has 1 nitrogen and oxygen atoms in total. The Morgan fingerprint density at radius 2 is 2.29 bits per heavy atom. The molecule has 0 bridgehead atoms. The van der Waals surface area contributed by atoms with Crippen LogP contribution in [0.2, 0.25) is 0 Å². The van der Waals surface area contributed by atoms with Gasteiger partial charge in [0.25, 0.3) is 0 Å². The highest BCUT2D eigenvalue weighted by Gasteiger charge is 2.35. The lowest BCUT2D eigenvalue weighted by molar-refractivity contribution is 0.304. The van der Waals surface area contributed by atoms with Gasteiger partial charge in [0.15, 0.2) is 0 Å². The zero-order valence-corrected chi connectivity index (χ0v) is 5.58. The van der Waals surface area contributed by atoms with Crippen LogP contribution in [0.4, 0.5) is 0 Å². The summed E-state index contributed by atoms with van der Waals surface area (Å²) in [5.74, 6) is 0.913. The molecule has 42 valence electrons. The van der Waals surface area contributed by atoms with E-state index in [9.17, 15) is 0 Å². The van der Waals surface area contributed by atoms with Gasteiger partial charge in [-0.3, -0.25) is 0 Å². The quantitative estimate of drug-likeness (QED) is 0.423. The number of hydrogen-bond donors (Lipinski definition) is 2. The molecule has 7 heavy (non-hydrogen) atoms. The van der Waals surface area contributed by atoms with Crippen LogP contribution in [-0.2, 0) is 0 Å². The summed E-state index contributed by atoms with van der Waals surface area (Å²) in [4.78, 5) is 0. The van der Waals surface area contributed by atoms with Crippen LogP contribution in [0, 0.1) is 0 Å². The summed E-state index contributed by atoms with van der Waals surface area (Å²) in [7, 11) is 0. The molecule has 0 radical (unpaired) electrons. The fourth-order valence-corrected chi connectivity index (χ4v) is 1.87. The molecular formula is C4H8OS2. The molecule has 0 aromatic carbocycles. The molecule has 0 amide bonds. The molecule has 1 rings (SSSR count). The van der Waals surface area contributed by atoms with Gasteiger partial charge in [-0.1, -0.05) is 0 Å². The van der Waals surface area contributed by atoms with Crippen molar-refractivity contribution in [1.82, 2.24) is 0 Å². The summed E-state index contributed by atoms with van der Waals surface area (Å²) in [5.41, 5.74) is 0. The third kappa shape index (κ3) is 1.27. The minimum absolute atomic E-state index is 0.329. The summed E-state index contributed by atoms with van der Waals surface area (Å²) < 4.78 is 0. The highest BCUT2D eigenvalue weighted by atomic mass is 32.2. The molecule has 1 saturated heterocycles. The Hall–Kier alpha value is 0.660. The Kier molecular flexibility index (Phi) is 1.89. The van der Waals surface area contributed by atoms with Crippen LogP contribution >= 0.6 is 24.4 Å². The first-order valence-electron chi connectivity index (χ1n) is 2.25. The van der Waals surface area contributed by atoms with Gasteiger partial charge < -0.3 is 5.11 Å². The Morgan fingerprint density at radius 3 is 2.43 bits per heavy atom. The molecule has 0 spiro atoms. The van der Waals surface area contributed by atoms with Crippen LogP contribution in [0.25, 0.3) is 0 Å². The molecule has 0 aromatic heterocycles. The van der Waals surface area contributed by atoms with Crippen LogP contribution in [0.15, 0.2) is 0 Å². The van der Waals surface area contributed by atoms with E-state index in [4.69, 9.17) is 5.11 Å². The van der Waals surface area contributed by atoms with Crippen molar-refractivity contribution in [3.63, 3.8) is 0 Å². The standard InChI is InChI=1S/C4H8OS2/c5-1-3-4(2-6)7-3/h3-6H,1-2H2. The van der Waals surface area contributed by atoms with E-state index in [-0.39, 0.29) is 0 Å². The zero-order chi connectivity index (χ0) is 5.28. The van der Waals surface area contributed by atoms with Crippen molar-refractivity contribution >= 4 is 24.4 Å². The second-order valence-corrected chi connectivity index (χ2v) is 3.43. The van der Waals surface area contributed by atoms with E-state index in [1.165, 1.54) is 0 Å². The van der Waals surface area contributed by atoms with Gasteiger partial charge in [-0.25, -0.2) is 0 Å². The monoisotopic (exact) mass is 136 g/mol. The van der Waals surface area contributed by atoms with Gasteiger partial charge in [0.05, 0.1) is 6.61 Å². The number of aliphatic hydroxyl groups excluding tert-OH is 1. The summed E-state index contributed by atoms with van der Waals surface area (Å²) in [6, 6.07) is 0. The number of thioether (sulfide) groups is 1. The van der Waals surface area contributed by atoms with E-state index >= 15 is 0 Å². The molecule has 0 aliphatic carbocycles. The maximum atomic E-state index is 8.45. The Bertz CT molecular complexity index is 58.7. The number of rotatable bonds is 2. The van der Waals surface area contributed by atoms with E-state index in [2.05, 4.69) is 12.6 Å². The third-order valence-corrected chi connectivity index (χ3v) is 3.05. The van der Waals surface area contributed by atoms with Crippen molar-refractivity contribution < 1.29 is 5.11 Å². The van der Waals surface area contributed by atoms with Crippen molar-refractivity contribution in [1.29, 1.82) is 0 Å². The molecular weight excluding hydrogens is 128 g/mol. The summed E-state index contributed by atoms with van der Waals surface area (Å²) >= 11 is 5.87. The van der Waals surface area contributed by atoms with Crippen LogP contribution in [0.5, 0.6) is 0 Å². The van der Waals surface area contributed by atoms with Gasteiger partial charge in [-0.15, -0.1) is 11.8 Å². The van der Waals surface area contributed by atoms with Gasteiger partial charge in [0.1, 0.15) is 0 Å². The summed E-state index contributed by atoms with van der Waals surface area (Å²) in [6.07, 6.45) is 0. The largest absolute Gasteiger partial charge is 0.395 e. The van der Waals surface area contributed by atoms with Crippen molar-refractivity contribution in [3.05, 3.63) is 0 Å². The van der Waals surface area contributed by atoms with Crippen molar-refractivity contribution in [2.24, 2.45) is 0 Å². The Labute approximate surface area is 52.9 Å². The lowest BCUT2D eigenvalue weighted by Gasteiger charge is -1.81. The van der Waals surface area contributed by atoms with Crippen LogP contribution in [-0.4, -0.2) is 28.0 Å². The molecule has 2 atom stereocenters. The van der Waals surface area contributed by atoms with E-state index in [1.54, 1.807) is 0 Å². The van der Waals surface area contributed by atoms with Crippen LogP contribution < -0.4 is 0 Å². The minimum Gasteiger partial charge on any atom is -0.395 e. The first-order chi connectivity index (χ1) is 3.38. The topological polar surface area (TPSA) is 20.2 Å². The predicted molar refractivity (Wildman–Crippen MR) is 36.1 cm³/mol. The maximum absolute atomic E-state index is 8.45. The number of aliphatic hydroxyl groups is 1. The minimum atomic E-state index is 0.329. The SMILES string of the molecule is OCC1SC1CS. The van der Waals surface area contributed by atoms with Crippen molar-refractivity contribution in [2.75, 3.05) is 12.4 Å². The average Bonchev–Trinajstić information content (AvgIpc) is 2.43. The predicted octanol–water partition coefficient (Wildman–Crippen LogP) is 0.393. The lowest BCUT2D eigenvalue weighted by Crippen LogP contribution is -1.98. The fraction of sp³-hybridized carbons (Fsp3) is 1.00. The van der Waals surface area contributed by atoms with E-state index in [0.29, 0.717) is 17.1 Å². The molecule has 1 aliphatic rings. The zero-order valence-electron chi connectivity index (χ0n) is 3.87. The van der Waals surface area contributed by atoms with E-state index in [1.807, 2.05) is 11.8 Å². The van der Waals surface area contributed by atoms with Gasteiger partial charge in [0.2, 0.25) is 0 Å². The van der Waals surface area contributed by atoms with Crippen molar-refractivity contribution in [2.45, 2.75) is 10.5 Å². The summed E-state index contributed by atoms with van der Waals surface area (Å²) in [6.45, 7) is 0.329. The molecule has 1 aliphatic heterocycles. The van der Waals surface area contributed by atoms with Gasteiger partial charge in [-0.2, -0.15) is 12.6 Å². The maximum Gasteiger partial charge on any atom is 0.0561 e. The first-order valence-corrected chi connectivity index (χ1v) is 3.83. The van der Waals surface area contributed by atoms with Crippen LogP contribution in [0.3, 0.4) is 0 Å². The summed E-state index contributed by atoms with van der Waals surface area (Å²) in [5, 5.41) is 9.61. The van der Waals surface area contributed by atoms with Crippen LogP contribution in [0.1, 0.15) is 0 Å². The Balaban J connectivity index is 2.06. The van der Waals surface area contributed by atoms with E-state index in [0.717, 1.165) is 5.75 Å². The highest BCUT2D eigenvalue weighted by molar-refractivity contribution is 8.08. The highest BCUT2D eigenvalue weighted by Crippen LogP contribution is 2.41. The molecule has 1 N–H and O–H groups in total. The first kappa shape index (κ1) is 5.79. The van der Waals surface area contributed by atoms with Gasteiger partial charge >= 0.3 is 0 Å². The average molecular weight is 136 g/mol. The molecule has 0 saturated carbocycles. The number of hydrogen-bond acceptors (Lipinski definition) is 3. The molecule has 0 aromatic rings. The molecule has 3 heteroatoms. The molecule has 1 heterocycles. The molecule has 1 fully saturated rings. The van der Waals surface area contributed by atoms with Crippen molar-refractivity contribution in [3.8, 4) is 0 Å². The lowest BCUT2D eigenvalue weighted by atomic mass is 10.4. The fourth-order valence-electron chi connectivity index (χ4n) is 0.500. The molecule has 2 unspecified atom stereocenters. The second-order valence-electron chi connectivity index (χ2n) is 1.58. The normalized spacial score (nSPS) is 38.6. The van der Waals surface area contributed by atoms with Gasteiger partial charge in [0, 0.05) is 16.3 Å². The second kappa shape index (κ2) is 2.29. The smallest absolute Gasteiger partial charge is 0.0561 e. The third-order valence-electron chi connectivity index (χ3n) is 1.05.